The van der Waals surface area contributed by atoms with Gasteiger partial charge in [0, 0.05) is 6.61 Å². The van der Waals surface area contributed by atoms with E-state index in [1.165, 1.54) is 0 Å². The van der Waals surface area contributed by atoms with E-state index >= 15 is 0 Å². The molecule has 0 saturated heterocycles. The van der Waals surface area contributed by atoms with Crippen molar-refractivity contribution < 1.29 is 9.15 Å². The van der Waals surface area contributed by atoms with Crippen LogP contribution in [0.1, 0.15) is 25.0 Å². The molecule has 0 bridgehead atoms. The zero-order chi connectivity index (χ0) is 9.36. The van der Waals surface area contributed by atoms with Crippen molar-refractivity contribution in [2.75, 3.05) is 6.61 Å². The molecule has 0 radical (unpaired) electrons. The van der Waals surface area contributed by atoms with Gasteiger partial charge in [0.15, 0.2) is 0 Å². The zero-order valence-corrected chi connectivity index (χ0v) is 7.87. The zero-order valence-electron chi connectivity index (χ0n) is 7.87. The monoisotopic (exact) mass is 180 g/mol. The third-order valence-electron chi connectivity index (χ3n) is 1.77. The average Bonchev–Trinajstić information content (AvgIpc) is 2.63. The van der Waals surface area contributed by atoms with Gasteiger partial charge in [-0.15, -0.1) is 6.58 Å². The third-order valence-corrected chi connectivity index (χ3v) is 1.77. The fourth-order valence-corrected chi connectivity index (χ4v) is 1.06. The van der Waals surface area contributed by atoms with E-state index in [-0.39, 0.29) is 0 Å². The Balaban J connectivity index is 1.93. The van der Waals surface area contributed by atoms with Crippen LogP contribution in [0, 0.1) is 0 Å². The Bertz CT molecular complexity index is 214. The van der Waals surface area contributed by atoms with Gasteiger partial charge in [0.05, 0.1) is 6.26 Å². The van der Waals surface area contributed by atoms with Crippen molar-refractivity contribution in [1.82, 2.24) is 0 Å². The van der Waals surface area contributed by atoms with Gasteiger partial charge in [-0.05, 0) is 31.4 Å². The minimum absolute atomic E-state index is 0.584. The summed E-state index contributed by atoms with van der Waals surface area (Å²) in [6.07, 6.45) is 6.92. The van der Waals surface area contributed by atoms with Gasteiger partial charge in [0.2, 0.25) is 0 Å². The van der Waals surface area contributed by atoms with Gasteiger partial charge in [-0.2, -0.15) is 0 Å². The number of unbranched alkanes of at least 4 members (excludes halogenated alkanes) is 2. The Morgan fingerprint density at radius 2 is 2.38 bits per heavy atom. The van der Waals surface area contributed by atoms with Gasteiger partial charge in [-0.3, -0.25) is 0 Å². The average molecular weight is 180 g/mol. The molecule has 1 heterocycles. The minimum atomic E-state index is 0.584. The molecule has 0 fully saturated rings. The Labute approximate surface area is 79.2 Å². The fraction of sp³-hybridized carbons (Fsp3) is 0.455. The first-order valence-corrected chi connectivity index (χ1v) is 4.64. The molecule has 0 amide bonds. The molecule has 0 atom stereocenters. The van der Waals surface area contributed by atoms with Crippen molar-refractivity contribution in [3.05, 3.63) is 36.8 Å². The van der Waals surface area contributed by atoms with Crippen LogP contribution in [0.25, 0.3) is 0 Å². The van der Waals surface area contributed by atoms with Crippen molar-refractivity contribution >= 4 is 0 Å². The predicted molar refractivity (Wildman–Crippen MR) is 52.4 cm³/mol. The van der Waals surface area contributed by atoms with Gasteiger partial charge in [0.25, 0.3) is 0 Å². The van der Waals surface area contributed by atoms with Crippen LogP contribution in [0.5, 0.6) is 0 Å². The molecule has 2 nitrogen and oxygen atoms in total. The summed E-state index contributed by atoms with van der Waals surface area (Å²) in [5.41, 5.74) is 0. The quantitative estimate of drug-likeness (QED) is 0.475. The molecule has 0 unspecified atom stereocenters. The molecule has 0 N–H and O–H groups in total. The molecule has 72 valence electrons. The van der Waals surface area contributed by atoms with Crippen LogP contribution in [0.2, 0.25) is 0 Å². The van der Waals surface area contributed by atoms with E-state index in [0.717, 1.165) is 31.6 Å². The van der Waals surface area contributed by atoms with Crippen LogP contribution in [0.4, 0.5) is 0 Å². The molecule has 1 aromatic heterocycles. The van der Waals surface area contributed by atoms with Gasteiger partial charge in [-0.1, -0.05) is 6.08 Å². The predicted octanol–water partition coefficient (Wildman–Crippen LogP) is 3.15. The maximum absolute atomic E-state index is 5.40. The first kappa shape index (κ1) is 10.1. The molecule has 1 aromatic rings. The van der Waals surface area contributed by atoms with Crippen LogP contribution in [-0.2, 0) is 11.3 Å². The van der Waals surface area contributed by atoms with E-state index in [4.69, 9.17) is 9.15 Å². The molecular formula is C11H16O2. The standard InChI is InChI=1S/C11H16O2/c1-2-3-4-5-8-12-10-11-7-6-9-13-11/h2,6-7,9H,1,3-5,8,10H2. The van der Waals surface area contributed by atoms with E-state index in [0.29, 0.717) is 6.61 Å². The van der Waals surface area contributed by atoms with Crippen molar-refractivity contribution in [2.24, 2.45) is 0 Å². The SMILES string of the molecule is C=CCCCCOCc1ccco1. The number of ether oxygens (including phenoxy) is 1. The third kappa shape index (κ3) is 4.53. The van der Waals surface area contributed by atoms with E-state index in [2.05, 4.69) is 6.58 Å². The molecule has 0 saturated carbocycles. The summed E-state index contributed by atoms with van der Waals surface area (Å²) in [4.78, 5) is 0. The van der Waals surface area contributed by atoms with Crippen molar-refractivity contribution in [1.29, 1.82) is 0 Å². The minimum Gasteiger partial charge on any atom is -0.467 e. The Morgan fingerprint density at radius 3 is 3.08 bits per heavy atom. The van der Waals surface area contributed by atoms with Crippen molar-refractivity contribution in [3.8, 4) is 0 Å². The second-order valence-corrected chi connectivity index (χ2v) is 2.92. The highest BCUT2D eigenvalue weighted by molar-refractivity contribution is 4.95. The van der Waals surface area contributed by atoms with Crippen molar-refractivity contribution in [3.63, 3.8) is 0 Å². The lowest BCUT2D eigenvalue weighted by Gasteiger charge is -2.00. The second kappa shape index (κ2) is 6.49. The number of hydrogen-bond acceptors (Lipinski definition) is 2. The van der Waals surface area contributed by atoms with Crippen LogP contribution < -0.4 is 0 Å². The number of furan rings is 1. The van der Waals surface area contributed by atoms with Crippen LogP contribution in [0.15, 0.2) is 35.5 Å². The molecule has 0 aromatic carbocycles. The Morgan fingerprint density at radius 1 is 1.46 bits per heavy atom. The molecule has 0 aliphatic heterocycles. The topological polar surface area (TPSA) is 22.4 Å². The number of hydrogen-bond donors (Lipinski definition) is 0. The maximum atomic E-state index is 5.40. The van der Waals surface area contributed by atoms with Crippen LogP contribution in [-0.4, -0.2) is 6.61 Å². The second-order valence-electron chi connectivity index (χ2n) is 2.92. The highest BCUT2D eigenvalue weighted by atomic mass is 16.5. The Kier molecular flexibility index (Phi) is 5.02. The summed E-state index contributed by atoms with van der Waals surface area (Å²) < 4.78 is 10.5. The summed E-state index contributed by atoms with van der Waals surface area (Å²) >= 11 is 0. The summed E-state index contributed by atoms with van der Waals surface area (Å²) in [6, 6.07) is 3.79. The highest BCUT2D eigenvalue weighted by Gasteiger charge is 1.94. The van der Waals surface area contributed by atoms with Crippen LogP contribution >= 0.6 is 0 Å². The lowest BCUT2D eigenvalue weighted by atomic mass is 10.2. The molecule has 0 aliphatic rings. The highest BCUT2D eigenvalue weighted by Crippen LogP contribution is 2.03. The number of allylic oxidation sites excluding steroid dienone is 1. The van der Waals surface area contributed by atoms with Gasteiger partial charge in [0.1, 0.15) is 12.4 Å². The molecule has 2 heteroatoms. The fourth-order valence-electron chi connectivity index (χ4n) is 1.06. The normalized spacial score (nSPS) is 10.2. The largest absolute Gasteiger partial charge is 0.467 e. The molecule has 1 rings (SSSR count). The maximum Gasteiger partial charge on any atom is 0.129 e. The van der Waals surface area contributed by atoms with Crippen molar-refractivity contribution in [2.45, 2.75) is 25.9 Å². The lowest BCUT2D eigenvalue weighted by Crippen LogP contribution is -1.93. The van der Waals surface area contributed by atoms with E-state index in [1.54, 1.807) is 6.26 Å². The van der Waals surface area contributed by atoms with Gasteiger partial charge < -0.3 is 9.15 Å². The van der Waals surface area contributed by atoms with E-state index < -0.39 is 0 Å². The van der Waals surface area contributed by atoms with Gasteiger partial charge in [-0.25, -0.2) is 0 Å². The summed E-state index contributed by atoms with van der Waals surface area (Å²) in [5, 5.41) is 0. The number of rotatable bonds is 7. The Hall–Kier alpha value is -1.02. The molecular weight excluding hydrogens is 164 g/mol. The van der Waals surface area contributed by atoms with E-state index in [9.17, 15) is 0 Å². The summed E-state index contributed by atoms with van der Waals surface area (Å²) in [5.74, 6) is 0.892. The van der Waals surface area contributed by atoms with Crippen LogP contribution in [0.3, 0.4) is 0 Å². The molecule has 0 aliphatic carbocycles. The smallest absolute Gasteiger partial charge is 0.129 e. The summed E-state index contributed by atoms with van der Waals surface area (Å²) in [6.45, 7) is 5.05. The lowest BCUT2D eigenvalue weighted by molar-refractivity contribution is 0.103. The first-order chi connectivity index (χ1) is 6.43. The van der Waals surface area contributed by atoms with Gasteiger partial charge >= 0.3 is 0 Å². The summed E-state index contributed by atoms with van der Waals surface area (Å²) in [7, 11) is 0. The first-order valence-electron chi connectivity index (χ1n) is 4.64. The molecule has 0 spiro atoms. The molecule has 13 heavy (non-hydrogen) atoms. The van der Waals surface area contributed by atoms with E-state index in [1.807, 2.05) is 18.2 Å².